The van der Waals surface area contributed by atoms with Gasteiger partial charge in [-0.05, 0) is 134 Å². The van der Waals surface area contributed by atoms with E-state index in [9.17, 15) is 19.8 Å². The lowest BCUT2D eigenvalue weighted by atomic mass is 9.98. The number of carboxylic acids is 2. The number of hydrogen-bond acceptors (Lipinski definition) is 6. The summed E-state index contributed by atoms with van der Waals surface area (Å²) in [4.78, 5) is 32.7. The number of pyridine rings is 2. The Hall–Kier alpha value is -5.74. The maximum atomic E-state index is 11.8. The SMILES string of the molecule is CCO/C=C/c1cc(Cc2ncc(C3CC3)cc2C(=O)O)cc2ccn(C)c12.CCOCCc1cc(Cc2ncc(C3CC3)cc2C(=O)O)cc2ccn(C)c12. The van der Waals surface area contributed by atoms with E-state index in [2.05, 4.69) is 61.7 Å². The van der Waals surface area contributed by atoms with E-state index in [4.69, 9.17) is 9.47 Å². The predicted octanol–water partition coefficient (Wildman–Crippen LogP) is 9.07. The van der Waals surface area contributed by atoms with E-state index >= 15 is 0 Å². The highest BCUT2D eigenvalue weighted by atomic mass is 16.5. The Morgan fingerprint density at radius 1 is 0.750 bits per heavy atom. The molecule has 2 N–H and O–H groups in total. The zero-order chi connectivity index (χ0) is 39.3. The lowest BCUT2D eigenvalue weighted by Crippen LogP contribution is -2.07. The molecule has 2 aliphatic carbocycles. The Balaban J connectivity index is 0.000000172. The van der Waals surface area contributed by atoms with Gasteiger partial charge in [0.25, 0.3) is 0 Å². The number of carbonyl (C=O) groups is 2. The standard InChI is InChI=1S/C23H26N2O3.C23H24N2O3/c2*1-3-28-9-7-18-11-15(10-17-6-8-25(2)22(17)18)12-21-20(23(26)27)13-19(14-24-21)16-4-5-16/h6,8,10-11,13-14,16H,3-5,7,9,12H2,1-2H3,(H,26,27);6-11,13-14,16H,3-5,12H2,1-2H3,(H,26,27)/b;9-7+. The largest absolute Gasteiger partial charge is 0.501 e. The van der Waals surface area contributed by atoms with E-state index in [1.54, 1.807) is 12.3 Å². The van der Waals surface area contributed by atoms with Crippen LogP contribution in [0.3, 0.4) is 0 Å². The molecule has 56 heavy (non-hydrogen) atoms. The van der Waals surface area contributed by atoms with Gasteiger partial charge in [0.05, 0.1) is 53.0 Å². The predicted molar refractivity (Wildman–Crippen MR) is 219 cm³/mol. The van der Waals surface area contributed by atoms with Gasteiger partial charge in [-0.15, -0.1) is 0 Å². The van der Waals surface area contributed by atoms with Gasteiger partial charge in [-0.3, -0.25) is 9.97 Å². The van der Waals surface area contributed by atoms with Crippen molar-refractivity contribution in [3.63, 3.8) is 0 Å². The third-order valence-corrected chi connectivity index (χ3v) is 10.7. The van der Waals surface area contributed by atoms with Crippen molar-refractivity contribution < 1.29 is 29.3 Å². The highest BCUT2D eigenvalue weighted by molar-refractivity contribution is 5.91. The Bertz CT molecular complexity index is 2420. The van der Waals surface area contributed by atoms with Crippen LogP contribution < -0.4 is 0 Å². The van der Waals surface area contributed by atoms with E-state index in [1.165, 1.54) is 11.1 Å². The molecule has 0 unspecified atom stereocenters. The number of aromatic nitrogens is 4. The van der Waals surface area contributed by atoms with Crippen molar-refractivity contribution in [2.75, 3.05) is 19.8 Å². The van der Waals surface area contributed by atoms with Gasteiger partial charge in [0.1, 0.15) is 0 Å². The normalized spacial score (nSPS) is 14.0. The van der Waals surface area contributed by atoms with Crippen molar-refractivity contribution in [1.82, 2.24) is 19.1 Å². The minimum absolute atomic E-state index is 0.309. The number of hydrogen-bond donors (Lipinski definition) is 2. The van der Waals surface area contributed by atoms with Crippen LogP contribution in [0.5, 0.6) is 0 Å². The molecule has 0 saturated heterocycles. The molecule has 2 aliphatic rings. The van der Waals surface area contributed by atoms with Crippen LogP contribution in [0.1, 0.15) is 117 Å². The van der Waals surface area contributed by atoms with Crippen molar-refractivity contribution in [3.05, 3.63) is 135 Å². The number of ether oxygens (including phenoxy) is 2. The topological polar surface area (TPSA) is 129 Å². The van der Waals surface area contributed by atoms with Crippen LogP contribution >= 0.6 is 0 Å². The average Bonchev–Trinajstić information content (AvgIpc) is 4.12. The van der Waals surface area contributed by atoms with Crippen LogP contribution in [0.25, 0.3) is 27.9 Å². The summed E-state index contributed by atoms with van der Waals surface area (Å²) >= 11 is 0. The van der Waals surface area contributed by atoms with Crippen molar-refractivity contribution in [2.45, 2.75) is 70.6 Å². The number of rotatable bonds is 15. The summed E-state index contributed by atoms with van der Waals surface area (Å²) in [6.45, 7) is 5.94. The number of aromatic carboxylic acids is 2. The second-order valence-electron chi connectivity index (χ2n) is 14.9. The van der Waals surface area contributed by atoms with Gasteiger partial charge in [-0.1, -0.05) is 6.07 Å². The number of aryl methyl sites for hydroxylation is 2. The quantitative estimate of drug-likeness (QED) is 0.0785. The molecule has 0 atom stereocenters. The van der Waals surface area contributed by atoms with Gasteiger partial charge in [0, 0.05) is 74.7 Å². The van der Waals surface area contributed by atoms with Gasteiger partial charge < -0.3 is 28.8 Å². The van der Waals surface area contributed by atoms with Crippen LogP contribution in [-0.4, -0.2) is 61.1 Å². The molecule has 8 rings (SSSR count). The second-order valence-corrected chi connectivity index (χ2v) is 14.9. The number of nitrogens with zero attached hydrogens (tertiary/aromatic N) is 4. The van der Waals surface area contributed by atoms with Gasteiger partial charge in [0.15, 0.2) is 0 Å². The fourth-order valence-electron chi connectivity index (χ4n) is 7.56. The zero-order valence-electron chi connectivity index (χ0n) is 32.6. The van der Waals surface area contributed by atoms with Crippen molar-refractivity contribution in [2.24, 2.45) is 14.1 Å². The summed E-state index contributed by atoms with van der Waals surface area (Å²) in [6.07, 6.45) is 17.8. The van der Waals surface area contributed by atoms with E-state index in [1.807, 2.05) is 58.7 Å². The van der Waals surface area contributed by atoms with Crippen molar-refractivity contribution in [1.29, 1.82) is 0 Å². The fourth-order valence-corrected chi connectivity index (χ4v) is 7.56. The summed E-state index contributed by atoms with van der Waals surface area (Å²) < 4.78 is 15.1. The van der Waals surface area contributed by atoms with Crippen LogP contribution in [0, 0.1) is 0 Å². The molecular formula is C46H50N4O6. The zero-order valence-corrected chi connectivity index (χ0v) is 32.6. The fraction of sp³-hybridized carbons (Fsp3) is 0.348. The van der Waals surface area contributed by atoms with Gasteiger partial charge in [0.2, 0.25) is 0 Å². The molecule has 2 saturated carbocycles. The smallest absolute Gasteiger partial charge is 0.337 e. The highest BCUT2D eigenvalue weighted by Crippen LogP contribution is 2.41. The molecule has 2 fully saturated rings. The number of carboxylic acid groups (broad SMARTS) is 2. The monoisotopic (exact) mass is 754 g/mol. The first-order chi connectivity index (χ1) is 27.1. The molecule has 4 aromatic heterocycles. The molecule has 0 spiro atoms. The Kier molecular flexibility index (Phi) is 11.7. The molecule has 10 heteroatoms. The summed E-state index contributed by atoms with van der Waals surface area (Å²) in [6, 6.07) is 16.3. The van der Waals surface area contributed by atoms with Crippen LogP contribution in [0.2, 0.25) is 0 Å². The molecule has 0 bridgehead atoms. The molecule has 290 valence electrons. The number of fused-ring (bicyclic) bond motifs is 2. The van der Waals surface area contributed by atoms with E-state index in [0.29, 0.717) is 67.0 Å². The lowest BCUT2D eigenvalue weighted by Gasteiger charge is -2.12. The first-order valence-electron chi connectivity index (χ1n) is 19.6. The molecule has 10 nitrogen and oxygen atoms in total. The number of benzene rings is 2. The van der Waals surface area contributed by atoms with E-state index < -0.39 is 11.9 Å². The molecule has 0 radical (unpaired) electrons. The molecular weight excluding hydrogens is 705 g/mol. The van der Waals surface area contributed by atoms with Gasteiger partial charge in [-0.2, -0.15) is 0 Å². The summed E-state index contributed by atoms with van der Waals surface area (Å²) in [5.74, 6) is -0.842. The third kappa shape index (κ3) is 8.87. The average molecular weight is 755 g/mol. The molecule has 2 aromatic carbocycles. The van der Waals surface area contributed by atoms with Crippen molar-refractivity contribution in [3.8, 4) is 0 Å². The molecule has 4 heterocycles. The van der Waals surface area contributed by atoms with Crippen LogP contribution in [0.4, 0.5) is 0 Å². The Morgan fingerprint density at radius 2 is 1.29 bits per heavy atom. The first-order valence-corrected chi connectivity index (χ1v) is 19.6. The van der Waals surface area contributed by atoms with Crippen LogP contribution in [-0.2, 0) is 42.8 Å². The van der Waals surface area contributed by atoms with Gasteiger partial charge in [-0.25, -0.2) is 9.59 Å². The van der Waals surface area contributed by atoms with E-state index in [-0.39, 0.29) is 0 Å². The second kappa shape index (κ2) is 17.0. The lowest BCUT2D eigenvalue weighted by molar-refractivity contribution is 0.0684. The molecule has 6 aromatic rings. The molecule has 0 aliphatic heterocycles. The first kappa shape index (κ1) is 38.5. The molecule has 0 amide bonds. The third-order valence-electron chi connectivity index (χ3n) is 10.7. The summed E-state index contributed by atoms with van der Waals surface area (Å²) in [5, 5.41) is 21.6. The Morgan fingerprint density at radius 3 is 1.80 bits per heavy atom. The summed E-state index contributed by atoms with van der Waals surface area (Å²) in [5.41, 5.74) is 10.7. The Labute approximate surface area is 327 Å². The maximum absolute atomic E-state index is 11.8. The van der Waals surface area contributed by atoms with E-state index in [0.717, 1.165) is 76.2 Å². The minimum Gasteiger partial charge on any atom is -0.501 e. The highest BCUT2D eigenvalue weighted by Gasteiger charge is 2.27. The van der Waals surface area contributed by atoms with Crippen molar-refractivity contribution >= 4 is 39.8 Å². The maximum Gasteiger partial charge on any atom is 0.337 e. The minimum atomic E-state index is -0.915. The van der Waals surface area contributed by atoms with Crippen LogP contribution in [0.15, 0.2) is 79.6 Å². The summed E-state index contributed by atoms with van der Waals surface area (Å²) in [7, 11) is 4.06. The van der Waals surface area contributed by atoms with Gasteiger partial charge >= 0.3 is 11.9 Å².